The van der Waals surface area contributed by atoms with Gasteiger partial charge in [-0.25, -0.2) is 9.78 Å². The lowest BCUT2D eigenvalue weighted by Gasteiger charge is -2.17. The van der Waals surface area contributed by atoms with E-state index in [1.54, 1.807) is 31.2 Å². The second-order valence-electron chi connectivity index (χ2n) is 8.20. The Kier molecular flexibility index (Phi) is 7.42. The van der Waals surface area contributed by atoms with Crippen LogP contribution in [0, 0.1) is 12.8 Å². The van der Waals surface area contributed by atoms with Gasteiger partial charge in [-0.1, -0.05) is 18.2 Å². The number of aromatic nitrogens is 1. The molecule has 0 saturated carbocycles. The Morgan fingerprint density at radius 2 is 2.06 bits per heavy atom. The minimum atomic E-state index is -0.955. The zero-order valence-electron chi connectivity index (χ0n) is 18.2. The zero-order valence-corrected chi connectivity index (χ0v) is 18.2. The summed E-state index contributed by atoms with van der Waals surface area (Å²) in [4.78, 5) is 40.3. The molecule has 6 N–H and O–H groups in total. The van der Waals surface area contributed by atoms with Crippen molar-refractivity contribution in [1.82, 2.24) is 20.9 Å². The van der Waals surface area contributed by atoms with Gasteiger partial charge in [-0.2, -0.15) is 0 Å². The number of nitrogens with one attached hydrogen (secondary N) is 3. The SMILES string of the molecule is Cc1nc(N)ccc1CNC(=O)C(C)NC(=O)[C@H]1C[C@H](Cc2cccc(C(=O)O)c2)CN1. The summed E-state index contributed by atoms with van der Waals surface area (Å²) in [7, 11) is 0. The Morgan fingerprint density at radius 3 is 2.78 bits per heavy atom. The number of hydrogen-bond acceptors (Lipinski definition) is 6. The third kappa shape index (κ3) is 6.04. The average molecular weight is 440 g/mol. The number of carbonyl (C=O) groups excluding carboxylic acids is 2. The number of nitrogens with zero attached hydrogens (tertiary/aromatic N) is 1. The van der Waals surface area contributed by atoms with Gasteiger partial charge in [0.1, 0.15) is 11.9 Å². The number of anilines is 1. The van der Waals surface area contributed by atoms with Crippen LogP contribution in [0.5, 0.6) is 0 Å². The first-order chi connectivity index (χ1) is 15.2. The van der Waals surface area contributed by atoms with Gasteiger partial charge in [0.05, 0.1) is 11.6 Å². The van der Waals surface area contributed by atoms with Crippen molar-refractivity contribution in [3.8, 4) is 0 Å². The van der Waals surface area contributed by atoms with E-state index in [-0.39, 0.29) is 29.3 Å². The summed E-state index contributed by atoms with van der Waals surface area (Å²) in [5.41, 5.74) is 8.43. The predicted molar refractivity (Wildman–Crippen MR) is 120 cm³/mol. The Bertz CT molecular complexity index is 1010. The number of benzene rings is 1. The van der Waals surface area contributed by atoms with Crippen LogP contribution in [0.25, 0.3) is 0 Å². The normalized spacial score (nSPS) is 18.7. The molecule has 1 aliphatic heterocycles. The summed E-state index contributed by atoms with van der Waals surface area (Å²) >= 11 is 0. The molecule has 0 spiro atoms. The molecule has 1 aromatic carbocycles. The fourth-order valence-corrected chi connectivity index (χ4v) is 3.84. The number of carboxylic acids is 1. The van der Waals surface area contributed by atoms with Crippen LogP contribution in [0.2, 0.25) is 0 Å². The third-order valence-electron chi connectivity index (χ3n) is 5.66. The lowest BCUT2D eigenvalue weighted by molar-refractivity contribution is -0.129. The van der Waals surface area contributed by atoms with Crippen LogP contribution >= 0.6 is 0 Å². The van der Waals surface area contributed by atoms with Crippen LogP contribution < -0.4 is 21.7 Å². The molecule has 2 aromatic rings. The lowest BCUT2D eigenvalue weighted by Crippen LogP contribution is -2.50. The molecule has 170 valence electrons. The van der Waals surface area contributed by atoms with E-state index in [0.717, 1.165) is 16.8 Å². The van der Waals surface area contributed by atoms with Gasteiger partial charge in [-0.15, -0.1) is 0 Å². The van der Waals surface area contributed by atoms with Gasteiger partial charge in [-0.05, 0) is 68.5 Å². The van der Waals surface area contributed by atoms with Gasteiger partial charge in [0, 0.05) is 12.2 Å². The van der Waals surface area contributed by atoms with E-state index in [9.17, 15) is 14.4 Å². The summed E-state index contributed by atoms with van der Waals surface area (Å²) < 4.78 is 0. The van der Waals surface area contributed by atoms with Crippen LogP contribution in [0.3, 0.4) is 0 Å². The maximum atomic E-state index is 12.6. The number of pyridine rings is 1. The number of aromatic carboxylic acids is 1. The van der Waals surface area contributed by atoms with Gasteiger partial charge < -0.3 is 26.8 Å². The first-order valence-corrected chi connectivity index (χ1v) is 10.6. The van der Waals surface area contributed by atoms with E-state index in [2.05, 4.69) is 20.9 Å². The second kappa shape index (κ2) is 10.2. The van der Waals surface area contributed by atoms with Crippen molar-refractivity contribution in [2.24, 2.45) is 5.92 Å². The molecular weight excluding hydrogens is 410 g/mol. The van der Waals surface area contributed by atoms with Crippen molar-refractivity contribution < 1.29 is 19.5 Å². The standard InChI is InChI=1S/C23H29N5O4/c1-13-18(6-7-20(24)27-13)12-26-21(29)14(2)28-22(30)19-10-16(11-25-19)8-15-4-3-5-17(9-15)23(31)32/h3-7,9,14,16,19,25H,8,10-12H2,1-2H3,(H2,24,27)(H,26,29)(H,28,30)(H,31,32)/t14?,16-,19+/m0/s1. The highest BCUT2D eigenvalue weighted by molar-refractivity contribution is 5.89. The van der Waals surface area contributed by atoms with Crippen molar-refractivity contribution in [3.05, 3.63) is 58.8 Å². The highest BCUT2D eigenvalue weighted by Crippen LogP contribution is 2.20. The Labute approximate surface area is 186 Å². The van der Waals surface area contributed by atoms with Crippen LogP contribution in [0.15, 0.2) is 36.4 Å². The Balaban J connectivity index is 1.46. The highest BCUT2D eigenvalue weighted by Gasteiger charge is 2.31. The minimum Gasteiger partial charge on any atom is -0.478 e. The molecule has 0 bridgehead atoms. The predicted octanol–water partition coefficient (Wildman–Crippen LogP) is 1.01. The monoisotopic (exact) mass is 439 g/mol. The number of nitrogen functional groups attached to an aromatic ring is 1. The first kappa shape index (κ1) is 23.2. The summed E-state index contributed by atoms with van der Waals surface area (Å²) in [5.74, 6) is -0.826. The van der Waals surface area contributed by atoms with Crippen molar-refractivity contribution in [2.75, 3.05) is 12.3 Å². The maximum Gasteiger partial charge on any atom is 0.335 e. The molecule has 2 amide bonds. The van der Waals surface area contributed by atoms with Crippen LogP contribution in [0.4, 0.5) is 5.82 Å². The van der Waals surface area contributed by atoms with Crippen molar-refractivity contribution in [1.29, 1.82) is 0 Å². The quantitative estimate of drug-likeness (QED) is 0.412. The first-order valence-electron chi connectivity index (χ1n) is 10.6. The number of nitrogens with two attached hydrogens (primary N) is 1. The minimum absolute atomic E-state index is 0.208. The smallest absolute Gasteiger partial charge is 0.335 e. The largest absolute Gasteiger partial charge is 0.478 e. The van der Waals surface area contributed by atoms with Crippen LogP contribution in [-0.2, 0) is 22.6 Å². The number of aryl methyl sites for hydroxylation is 1. The van der Waals surface area contributed by atoms with E-state index in [1.165, 1.54) is 0 Å². The van der Waals surface area contributed by atoms with E-state index < -0.39 is 12.0 Å². The number of carboxylic acid groups (broad SMARTS) is 1. The molecule has 0 radical (unpaired) electrons. The molecule has 32 heavy (non-hydrogen) atoms. The molecule has 1 aromatic heterocycles. The van der Waals surface area contributed by atoms with Crippen LogP contribution in [-0.4, -0.2) is 46.5 Å². The summed E-state index contributed by atoms with van der Waals surface area (Å²) in [6, 6.07) is 9.28. The maximum absolute atomic E-state index is 12.6. The molecular formula is C23H29N5O4. The fourth-order valence-electron chi connectivity index (χ4n) is 3.84. The molecule has 1 unspecified atom stereocenters. The molecule has 9 heteroatoms. The molecule has 2 heterocycles. The fraction of sp³-hybridized carbons (Fsp3) is 0.391. The van der Waals surface area contributed by atoms with Crippen molar-refractivity contribution >= 4 is 23.6 Å². The van der Waals surface area contributed by atoms with E-state index in [0.29, 0.717) is 31.7 Å². The summed E-state index contributed by atoms with van der Waals surface area (Å²) in [6.45, 7) is 4.42. The van der Waals surface area contributed by atoms with Gasteiger partial charge >= 0.3 is 5.97 Å². The van der Waals surface area contributed by atoms with E-state index in [1.807, 2.05) is 19.1 Å². The number of carbonyl (C=O) groups is 3. The van der Waals surface area contributed by atoms with E-state index >= 15 is 0 Å². The Morgan fingerprint density at radius 1 is 1.28 bits per heavy atom. The molecule has 3 rings (SSSR count). The van der Waals surface area contributed by atoms with Crippen molar-refractivity contribution in [3.63, 3.8) is 0 Å². The van der Waals surface area contributed by atoms with Gasteiger partial charge in [0.2, 0.25) is 11.8 Å². The van der Waals surface area contributed by atoms with Crippen molar-refractivity contribution in [2.45, 2.75) is 45.3 Å². The molecule has 0 aliphatic carbocycles. The molecule has 1 aliphatic rings. The molecule has 1 saturated heterocycles. The number of rotatable bonds is 8. The molecule has 9 nitrogen and oxygen atoms in total. The van der Waals surface area contributed by atoms with Gasteiger partial charge in [0.25, 0.3) is 0 Å². The van der Waals surface area contributed by atoms with Crippen LogP contribution in [0.1, 0.15) is 40.5 Å². The number of amides is 2. The zero-order chi connectivity index (χ0) is 23.3. The second-order valence-corrected chi connectivity index (χ2v) is 8.20. The summed E-state index contributed by atoms with van der Waals surface area (Å²) in [6.07, 6.45) is 1.30. The average Bonchev–Trinajstić information content (AvgIpc) is 3.21. The van der Waals surface area contributed by atoms with Gasteiger partial charge in [0.15, 0.2) is 0 Å². The lowest BCUT2D eigenvalue weighted by atomic mass is 9.95. The summed E-state index contributed by atoms with van der Waals surface area (Å²) in [5, 5.41) is 17.9. The highest BCUT2D eigenvalue weighted by atomic mass is 16.4. The topological polar surface area (TPSA) is 146 Å². The number of hydrogen-bond donors (Lipinski definition) is 5. The third-order valence-corrected chi connectivity index (χ3v) is 5.66. The molecule has 3 atom stereocenters. The Hall–Kier alpha value is -3.46. The van der Waals surface area contributed by atoms with E-state index in [4.69, 9.17) is 10.8 Å². The molecule has 1 fully saturated rings. The van der Waals surface area contributed by atoms with Gasteiger partial charge in [-0.3, -0.25) is 9.59 Å².